The van der Waals surface area contributed by atoms with Gasteiger partial charge in [-0.1, -0.05) is 42.1 Å². The van der Waals surface area contributed by atoms with Gasteiger partial charge < -0.3 is 9.47 Å². The molecule has 8 heteroatoms. The molecule has 140 valence electrons. The summed E-state index contributed by atoms with van der Waals surface area (Å²) >= 11 is 1.40. The van der Waals surface area contributed by atoms with Crippen LogP contribution in [0.25, 0.3) is 11.5 Å². The number of aromatic nitrogens is 5. The highest BCUT2D eigenvalue weighted by atomic mass is 32.2. The molecule has 0 radical (unpaired) electrons. The van der Waals surface area contributed by atoms with Crippen molar-refractivity contribution in [2.45, 2.75) is 24.3 Å². The second-order valence-corrected chi connectivity index (χ2v) is 6.95. The van der Waals surface area contributed by atoms with Gasteiger partial charge in [0.1, 0.15) is 10.9 Å². The Morgan fingerprint density at radius 3 is 2.52 bits per heavy atom. The summed E-state index contributed by atoms with van der Waals surface area (Å²) in [7, 11) is 1.87. The third kappa shape index (κ3) is 4.16. The van der Waals surface area contributed by atoms with Crippen LogP contribution in [0.2, 0.25) is 0 Å². The van der Waals surface area contributed by atoms with Crippen LogP contribution in [0.1, 0.15) is 24.7 Å². The summed E-state index contributed by atoms with van der Waals surface area (Å²) in [4.78, 5) is 23.3. The van der Waals surface area contributed by atoms with Crippen LogP contribution in [-0.2, 0) is 11.8 Å². The molecule has 2 aromatic heterocycles. The van der Waals surface area contributed by atoms with Crippen LogP contribution in [0.4, 0.5) is 0 Å². The van der Waals surface area contributed by atoms with Crippen LogP contribution >= 0.6 is 11.8 Å². The van der Waals surface area contributed by atoms with Crippen LogP contribution < -0.4 is 0 Å². The van der Waals surface area contributed by atoms with Gasteiger partial charge in [0.2, 0.25) is 5.91 Å². The number of likely N-dealkylation sites (N-methyl/N-ethyl adjacent to an activating group) is 1. The van der Waals surface area contributed by atoms with Gasteiger partial charge in [-0.15, -0.1) is 10.2 Å². The minimum Gasteiger partial charge on any atom is -0.342 e. The lowest BCUT2D eigenvalue weighted by molar-refractivity contribution is -0.130. The molecule has 0 aliphatic heterocycles. The molecule has 0 spiro atoms. The molecule has 1 aromatic carbocycles. The average Bonchev–Trinajstić information content (AvgIpc) is 3.08. The molecule has 7 nitrogen and oxygen atoms in total. The van der Waals surface area contributed by atoms with E-state index in [4.69, 9.17) is 0 Å². The van der Waals surface area contributed by atoms with Crippen molar-refractivity contribution in [2.75, 3.05) is 13.1 Å². The highest BCUT2D eigenvalue weighted by Crippen LogP contribution is 2.36. The zero-order valence-corrected chi connectivity index (χ0v) is 16.4. The van der Waals surface area contributed by atoms with Gasteiger partial charge in [-0.3, -0.25) is 9.78 Å². The van der Waals surface area contributed by atoms with Gasteiger partial charge in [0.05, 0.1) is 6.20 Å². The van der Waals surface area contributed by atoms with Crippen LogP contribution in [-0.4, -0.2) is 48.6 Å². The summed E-state index contributed by atoms with van der Waals surface area (Å²) in [6, 6.07) is 9.78. The standard InChI is InChI=1S/C19H22N6OS/c1-4-25(5-2)18(26)16(14-9-7-6-8-10-14)27-19-23-22-17(24(19)3)15-13-20-11-12-21-15/h6-13,16H,4-5H2,1-3H3/t16-/m0/s1. The van der Waals surface area contributed by atoms with Crippen molar-refractivity contribution < 1.29 is 4.79 Å². The molecule has 0 saturated heterocycles. The van der Waals surface area contributed by atoms with E-state index in [0.29, 0.717) is 29.8 Å². The number of carbonyl (C=O) groups is 1. The third-order valence-electron chi connectivity index (χ3n) is 4.25. The molecule has 0 fully saturated rings. The number of hydrogen-bond acceptors (Lipinski definition) is 6. The average molecular weight is 382 g/mol. The Bertz CT molecular complexity index is 880. The van der Waals surface area contributed by atoms with Gasteiger partial charge in [0.25, 0.3) is 0 Å². The predicted molar refractivity (Wildman–Crippen MR) is 105 cm³/mol. The fraction of sp³-hybridized carbons (Fsp3) is 0.316. The van der Waals surface area contributed by atoms with Gasteiger partial charge in [0.15, 0.2) is 11.0 Å². The Morgan fingerprint density at radius 1 is 1.15 bits per heavy atom. The van der Waals surface area contributed by atoms with E-state index in [1.54, 1.807) is 18.6 Å². The highest BCUT2D eigenvalue weighted by molar-refractivity contribution is 8.00. The van der Waals surface area contributed by atoms with Crippen LogP contribution in [0.3, 0.4) is 0 Å². The first-order valence-corrected chi connectivity index (χ1v) is 9.69. The molecule has 1 atom stereocenters. The molecule has 0 aliphatic rings. The van der Waals surface area contributed by atoms with Crippen molar-refractivity contribution in [1.29, 1.82) is 0 Å². The molecular weight excluding hydrogens is 360 g/mol. The molecule has 0 unspecified atom stereocenters. The maximum absolute atomic E-state index is 13.1. The fourth-order valence-corrected chi connectivity index (χ4v) is 3.84. The van der Waals surface area contributed by atoms with Gasteiger partial charge in [-0.05, 0) is 19.4 Å². The van der Waals surface area contributed by atoms with E-state index < -0.39 is 0 Å². The van der Waals surface area contributed by atoms with Crippen molar-refractivity contribution in [1.82, 2.24) is 29.6 Å². The smallest absolute Gasteiger partial charge is 0.240 e. The maximum atomic E-state index is 13.1. The molecule has 0 N–H and O–H groups in total. The first kappa shape index (κ1) is 19.0. The Morgan fingerprint density at radius 2 is 1.89 bits per heavy atom. The SMILES string of the molecule is CCN(CC)C(=O)[C@@H](Sc1nnc(-c2cnccn2)n1C)c1ccccc1. The zero-order valence-electron chi connectivity index (χ0n) is 15.6. The van der Waals surface area contributed by atoms with E-state index >= 15 is 0 Å². The number of rotatable bonds is 7. The third-order valence-corrected chi connectivity index (χ3v) is 5.53. The largest absolute Gasteiger partial charge is 0.342 e. The summed E-state index contributed by atoms with van der Waals surface area (Å²) in [5.41, 5.74) is 1.59. The molecule has 3 aromatic rings. The van der Waals surface area contributed by atoms with Crippen molar-refractivity contribution in [3.63, 3.8) is 0 Å². The van der Waals surface area contributed by atoms with Crippen molar-refractivity contribution >= 4 is 17.7 Å². The lowest BCUT2D eigenvalue weighted by Crippen LogP contribution is -2.34. The van der Waals surface area contributed by atoms with Crippen molar-refractivity contribution in [3.05, 3.63) is 54.5 Å². The van der Waals surface area contributed by atoms with Crippen molar-refractivity contribution in [2.24, 2.45) is 7.05 Å². The predicted octanol–water partition coefficient (Wildman–Crippen LogP) is 2.97. The number of thioether (sulfide) groups is 1. The Labute approximate surface area is 162 Å². The summed E-state index contributed by atoms with van der Waals surface area (Å²) < 4.78 is 1.85. The number of benzene rings is 1. The first-order valence-electron chi connectivity index (χ1n) is 8.81. The van der Waals surface area contributed by atoms with Gasteiger partial charge in [-0.25, -0.2) is 4.98 Å². The lowest BCUT2D eigenvalue weighted by Gasteiger charge is -2.24. The second kappa shape index (κ2) is 8.77. The highest BCUT2D eigenvalue weighted by Gasteiger charge is 2.28. The number of hydrogen-bond donors (Lipinski definition) is 0. The summed E-state index contributed by atoms with van der Waals surface area (Å²) in [5.74, 6) is 0.688. The minimum absolute atomic E-state index is 0.0697. The Balaban J connectivity index is 1.93. The lowest BCUT2D eigenvalue weighted by atomic mass is 10.1. The molecule has 0 bridgehead atoms. The summed E-state index contributed by atoms with van der Waals surface area (Å²) in [6.45, 7) is 5.32. The van der Waals surface area contributed by atoms with Crippen LogP contribution in [0.5, 0.6) is 0 Å². The fourth-order valence-electron chi connectivity index (χ4n) is 2.75. The van der Waals surface area contributed by atoms with E-state index in [1.807, 2.05) is 60.7 Å². The normalized spacial score (nSPS) is 12.0. The number of carbonyl (C=O) groups excluding carboxylic acids is 1. The molecule has 27 heavy (non-hydrogen) atoms. The minimum atomic E-state index is -0.385. The molecule has 1 amide bonds. The summed E-state index contributed by atoms with van der Waals surface area (Å²) in [5, 5.41) is 8.80. The van der Waals surface area contributed by atoms with Gasteiger partial charge in [0, 0.05) is 32.5 Å². The zero-order chi connectivity index (χ0) is 19.2. The first-order chi connectivity index (χ1) is 13.2. The number of nitrogens with zero attached hydrogens (tertiary/aromatic N) is 6. The Kier molecular flexibility index (Phi) is 6.18. The van der Waals surface area contributed by atoms with Crippen molar-refractivity contribution in [3.8, 4) is 11.5 Å². The Hall–Kier alpha value is -2.74. The molecule has 3 rings (SSSR count). The van der Waals surface area contributed by atoms with Crippen LogP contribution in [0, 0.1) is 0 Å². The molecule has 2 heterocycles. The van der Waals surface area contributed by atoms with E-state index in [0.717, 1.165) is 5.56 Å². The molecule has 0 aliphatic carbocycles. The summed E-state index contributed by atoms with van der Waals surface area (Å²) in [6.07, 6.45) is 4.88. The van der Waals surface area contributed by atoms with E-state index in [-0.39, 0.29) is 11.2 Å². The monoisotopic (exact) mass is 382 g/mol. The van der Waals surface area contributed by atoms with Gasteiger partial charge >= 0.3 is 0 Å². The number of amides is 1. The molecular formula is C19H22N6OS. The van der Waals surface area contributed by atoms with E-state index in [2.05, 4.69) is 20.2 Å². The second-order valence-electron chi connectivity index (χ2n) is 5.87. The van der Waals surface area contributed by atoms with E-state index in [9.17, 15) is 4.79 Å². The quantitative estimate of drug-likeness (QED) is 0.585. The topological polar surface area (TPSA) is 76.8 Å². The molecule has 0 saturated carbocycles. The van der Waals surface area contributed by atoms with Gasteiger partial charge in [-0.2, -0.15) is 0 Å². The maximum Gasteiger partial charge on any atom is 0.240 e. The van der Waals surface area contributed by atoms with Crippen LogP contribution in [0.15, 0.2) is 54.1 Å². The van der Waals surface area contributed by atoms with E-state index in [1.165, 1.54) is 11.8 Å².